The molecule has 284 valence electrons. The lowest BCUT2D eigenvalue weighted by Crippen LogP contribution is -2.61. The van der Waals surface area contributed by atoms with E-state index in [1.807, 2.05) is 0 Å². The molecule has 12 heteroatoms. The van der Waals surface area contributed by atoms with Crippen LogP contribution in [0, 0.1) is 46.3 Å². The van der Waals surface area contributed by atoms with Gasteiger partial charge in [0.05, 0.1) is 37.6 Å². The molecule has 0 amide bonds. The molecule has 21 atom stereocenters. The lowest BCUT2D eigenvalue weighted by atomic mass is 9.46. The summed E-state index contributed by atoms with van der Waals surface area (Å²) in [6.45, 7) is 11.6. The first-order chi connectivity index (χ1) is 23.7. The lowest BCUT2D eigenvalue weighted by Gasteiger charge is -2.61. The van der Waals surface area contributed by atoms with Gasteiger partial charge >= 0.3 is 0 Å². The number of ether oxygens (including phenoxy) is 6. The second-order valence-corrected chi connectivity index (χ2v) is 17.9. The van der Waals surface area contributed by atoms with E-state index in [2.05, 4.69) is 33.8 Å². The van der Waals surface area contributed by atoms with E-state index in [0.29, 0.717) is 42.4 Å². The van der Waals surface area contributed by atoms with E-state index in [-0.39, 0.29) is 24.0 Å². The molecule has 4 aliphatic carbocycles. The molecule has 0 bridgehead atoms. The first-order valence-corrected chi connectivity index (χ1v) is 19.4. The molecule has 4 heterocycles. The zero-order valence-corrected chi connectivity index (χ0v) is 30.2. The van der Waals surface area contributed by atoms with Crippen molar-refractivity contribution in [1.29, 1.82) is 0 Å². The molecule has 0 aromatic heterocycles. The number of hydrogen-bond acceptors (Lipinski definition) is 12. The minimum Gasteiger partial charge on any atom is -0.388 e. The summed E-state index contributed by atoms with van der Waals surface area (Å²) in [6.07, 6.45) is -2.43. The Kier molecular flexibility index (Phi) is 9.38. The van der Waals surface area contributed by atoms with E-state index >= 15 is 0 Å². The maximum Gasteiger partial charge on any atom is 0.186 e. The Morgan fingerprint density at radius 3 is 2.30 bits per heavy atom. The minimum atomic E-state index is -1.43. The normalized spacial score (nSPS) is 59.3. The van der Waals surface area contributed by atoms with Gasteiger partial charge in [-0.3, -0.25) is 0 Å². The van der Waals surface area contributed by atoms with Gasteiger partial charge in [0.1, 0.15) is 36.6 Å². The summed E-state index contributed by atoms with van der Waals surface area (Å²) in [5.74, 6) is 2.02. The number of hydrogen-bond donors (Lipinski definition) is 6. The predicted molar refractivity (Wildman–Crippen MR) is 177 cm³/mol. The molecule has 0 aromatic rings. The van der Waals surface area contributed by atoms with E-state index in [9.17, 15) is 30.6 Å². The average molecular weight is 709 g/mol. The van der Waals surface area contributed by atoms with Crippen LogP contribution in [0.2, 0.25) is 0 Å². The van der Waals surface area contributed by atoms with Gasteiger partial charge in [-0.15, -0.1) is 0 Å². The van der Waals surface area contributed by atoms with Crippen molar-refractivity contribution in [2.75, 3.05) is 13.2 Å². The second-order valence-electron chi connectivity index (χ2n) is 17.9. The molecule has 6 N–H and O–H groups in total. The van der Waals surface area contributed by atoms with E-state index in [1.165, 1.54) is 5.57 Å². The summed E-state index contributed by atoms with van der Waals surface area (Å²) in [5.41, 5.74) is 0.885. The van der Waals surface area contributed by atoms with Gasteiger partial charge in [0.25, 0.3) is 0 Å². The number of fused-ring (bicyclic) bond motifs is 7. The van der Waals surface area contributed by atoms with Crippen molar-refractivity contribution < 1.29 is 59.1 Å². The van der Waals surface area contributed by atoms with Crippen LogP contribution in [-0.2, 0) is 28.4 Å². The van der Waals surface area contributed by atoms with Crippen molar-refractivity contribution in [2.24, 2.45) is 46.3 Å². The molecule has 3 saturated carbocycles. The summed E-state index contributed by atoms with van der Waals surface area (Å²) in [5, 5.41) is 63.1. The molecule has 4 saturated heterocycles. The van der Waals surface area contributed by atoms with Gasteiger partial charge in [0, 0.05) is 24.2 Å². The van der Waals surface area contributed by atoms with Crippen LogP contribution in [0.25, 0.3) is 0 Å². The van der Waals surface area contributed by atoms with Crippen molar-refractivity contribution in [3.05, 3.63) is 11.6 Å². The Morgan fingerprint density at radius 2 is 1.56 bits per heavy atom. The summed E-state index contributed by atoms with van der Waals surface area (Å²) in [7, 11) is 0. The highest BCUT2D eigenvalue weighted by Gasteiger charge is 2.69. The zero-order chi connectivity index (χ0) is 35.5. The topological polar surface area (TPSA) is 177 Å². The number of rotatable bonds is 4. The first kappa shape index (κ1) is 36.2. The second kappa shape index (κ2) is 12.9. The van der Waals surface area contributed by atoms with Gasteiger partial charge in [0.15, 0.2) is 18.4 Å². The van der Waals surface area contributed by atoms with Gasteiger partial charge in [-0.25, -0.2) is 0 Å². The third-order valence-electron chi connectivity index (χ3n) is 15.3. The van der Waals surface area contributed by atoms with Gasteiger partial charge < -0.3 is 59.1 Å². The number of aliphatic hydroxyl groups excluding tert-OH is 6. The van der Waals surface area contributed by atoms with Crippen LogP contribution in [0.4, 0.5) is 0 Å². The molecular weight excluding hydrogens is 648 g/mol. The maximum absolute atomic E-state index is 11.0. The van der Waals surface area contributed by atoms with Crippen molar-refractivity contribution in [3.8, 4) is 0 Å². The van der Waals surface area contributed by atoms with Crippen molar-refractivity contribution in [2.45, 2.75) is 165 Å². The fourth-order valence-corrected chi connectivity index (χ4v) is 12.4. The highest BCUT2D eigenvalue weighted by molar-refractivity contribution is 5.29. The highest BCUT2D eigenvalue weighted by atomic mass is 16.7. The predicted octanol–water partition coefficient (Wildman–Crippen LogP) is 2.00. The van der Waals surface area contributed by atoms with Gasteiger partial charge in [-0.2, -0.15) is 0 Å². The molecule has 0 unspecified atom stereocenters. The van der Waals surface area contributed by atoms with Crippen LogP contribution < -0.4 is 0 Å². The molecule has 7 fully saturated rings. The molecule has 4 aliphatic heterocycles. The Morgan fingerprint density at radius 1 is 0.800 bits per heavy atom. The summed E-state index contributed by atoms with van der Waals surface area (Å²) in [4.78, 5) is 0. The van der Waals surface area contributed by atoms with Crippen LogP contribution in [0.15, 0.2) is 11.6 Å². The van der Waals surface area contributed by atoms with Gasteiger partial charge in [-0.05, 0) is 80.5 Å². The molecule has 12 nitrogen and oxygen atoms in total. The monoisotopic (exact) mass is 708 g/mol. The molecule has 0 aromatic carbocycles. The molecule has 1 spiro atoms. The Balaban J connectivity index is 1.07. The lowest BCUT2D eigenvalue weighted by molar-refractivity contribution is -0.320. The Hall–Kier alpha value is -0.740. The molecule has 0 radical (unpaired) electrons. The Labute approximate surface area is 295 Å². The highest BCUT2D eigenvalue weighted by Crippen LogP contribution is 2.71. The maximum atomic E-state index is 11.0. The number of aliphatic hydroxyl groups is 6. The summed E-state index contributed by atoms with van der Waals surface area (Å²) in [6, 6.07) is 0. The summed E-state index contributed by atoms with van der Waals surface area (Å²) < 4.78 is 38.2. The summed E-state index contributed by atoms with van der Waals surface area (Å²) >= 11 is 0. The SMILES string of the molecule is C[C@H]1CC[C@@]2(OC1)O[C@H]1C[C@H]3[C@@H]4CC=C5C[C@@H](O[C@@H]6O[C@@H](C)[C@H](O)[C@@H](O)[C@H]6O)C[C@@H](O[C@@H]6OC[C@@H](O)[C@H](O)[C@H]6O)[C@]5(C)[C@H]4CC[C@]3(C)[C@H]1[C@@H]2C. The van der Waals surface area contributed by atoms with Gasteiger partial charge in [-0.1, -0.05) is 39.3 Å². The Bertz CT molecular complexity index is 1290. The molecule has 8 aliphatic rings. The largest absolute Gasteiger partial charge is 0.388 e. The van der Waals surface area contributed by atoms with E-state index in [1.54, 1.807) is 6.92 Å². The third kappa shape index (κ3) is 5.45. The van der Waals surface area contributed by atoms with Crippen LogP contribution >= 0.6 is 0 Å². The van der Waals surface area contributed by atoms with Crippen LogP contribution in [-0.4, -0.2) is 123 Å². The zero-order valence-electron chi connectivity index (χ0n) is 30.2. The molecule has 50 heavy (non-hydrogen) atoms. The van der Waals surface area contributed by atoms with Crippen molar-refractivity contribution >= 4 is 0 Å². The van der Waals surface area contributed by atoms with Crippen LogP contribution in [0.5, 0.6) is 0 Å². The van der Waals surface area contributed by atoms with Gasteiger partial charge in [0.2, 0.25) is 0 Å². The van der Waals surface area contributed by atoms with Crippen molar-refractivity contribution in [1.82, 2.24) is 0 Å². The third-order valence-corrected chi connectivity index (χ3v) is 15.3. The first-order valence-electron chi connectivity index (χ1n) is 19.4. The smallest absolute Gasteiger partial charge is 0.186 e. The van der Waals surface area contributed by atoms with E-state index in [0.717, 1.165) is 45.1 Å². The van der Waals surface area contributed by atoms with Crippen LogP contribution in [0.3, 0.4) is 0 Å². The molecule has 8 rings (SSSR count). The van der Waals surface area contributed by atoms with Crippen molar-refractivity contribution in [3.63, 3.8) is 0 Å². The quantitative estimate of drug-likeness (QED) is 0.235. The molecular formula is C38H60O12. The number of allylic oxidation sites excluding steroid dienone is 1. The fourth-order valence-electron chi connectivity index (χ4n) is 12.4. The van der Waals surface area contributed by atoms with E-state index in [4.69, 9.17) is 28.4 Å². The van der Waals surface area contributed by atoms with E-state index < -0.39 is 78.7 Å². The minimum absolute atomic E-state index is 0.124. The fraction of sp³-hybridized carbons (Fsp3) is 0.947. The average Bonchev–Trinajstić information content (AvgIpc) is 3.53. The standard InChI is InChI=1S/C38H60O12/c1-17-8-11-38(46-15-17)18(2)28-26(50-38)14-24-22-7-6-20-12-21(48-35-33(44)31(42)29(40)19(3)47-35)13-27(37(20,5)23(22)9-10-36(24,28)4)49-34-32(43)30(41)25(39)16-45-34/h6,17-19,21-35,39-44H,7-16H2,1-5H3/t17-,18-,19-,21+,22+,23-,24-,25+,26-,27+,28-,29-,30-,31+,32+,33+,34-,35-,36-,37-,38+/m0/s1. The van der Waals surface area contributed by atoms with Crippen LogP contribution in [0.1, 0.15) is 86.0 Å².